The van der Waals surface area contributed by atoms with Crippen molar-refractivity contribution in [3.8, 4) is 0 Å². The van der Waals surface area contributed by atoms with E-state index in [1.165, 1.54) is 0 Å². The molecule has 0 radical (unpaired) electrons. The van der Waals surface area contributed by atoms with Crippen LogP contribution in [0.3, 0.4) is 0 Å². The van der Waals surface area contributed by atoms with Crippen molar-refractivity contribution in [2.24, 2.45) is 5.73 Å². The van der Waals surface area contributed by atoms with Crippen molar-refractivity contribution < 1.29 is 5.11 Å². The molecule has 0 spiro atoms. The monoisotopic (exact) mass is 217 g/mol. The first-order valence-corrected chi connectivity index (χ1v) is 4.99. The van der Waals surface area contributed by atoms with Crippen molar-refractivity contribution >= 4 is 11.6 Å². The van der Waals surface area contributed by atoms with Gasteiger partial charge in [0.25, 0.3) is 0 Å². The Morgan fingerprint density at radius 2 is 2.07 bits per heavy atom. The summed E-state index contributed by atoms with van der Waals surface area (Å²) < 4.78 is 1.66. The lowest BCUT2D eigenvalue weighted by Crippen LogP contribution is -2.24. The Bertz CT molecular complexity index is 309. The predicted molar refractivity (Wildman–Crippen MR) is 56.2 cm³/mol. The highest BCUT2D eigenvalue weighted by molar-refractivity contribution is 6.30. The van der Waals surface area contributed by atoms with E-state index < -0.39 is 6.10 Å². The minimum Gasteiger partial charge on any atom is -0.387 e. The number of aliphatic hydroxyl groups is 1. The maximum Gasteiger partial charge on any atom is 0.133 e. The molecule has 0 aliphatic carbocycles. The lowest BCUT2D eigenvalue weighted by molar-refractivity contribution is 0.153. The van der Waals surface area contributed by atoms with E-state index in [2.05, 4.69) is 5.10 Å². The number of hydrogen-bond donors (Lipinski definition) is 2. The normalized spacial score (nSPS) is 15.9. The van der Waals surface area contributed by atoms with Crippen LogP contribution in [0.25, 0.3) is 0 Å². The molecule has 4 nitrogen and oxygen atoms in total. The fourth-order valence-corrected chi connectivity index (χ4v) is 1.60. The Morgan fingerprint density at radius 3 is 2.43 bits per heavy atom. The summed E-state index contributed by atoms with van der Waals surface area (Å²) in [6.07, 6.45) is 0.811. The van der Waals surface area contributed by atoms with Crippen molar-refractivity contribution in [2.45, 2.75) is 39.0 Å². The molecular formula is C9H16ClN3O. The van der Waals surface area contributed by atoms with Crippen molar-refractivity contribution in [3.63, 3.8) is 0 Å². The number of halogens is 1. The Kier molecular flexibility index (Phi) is 3.53. The maximum atomic E-state index is 9.71. The molecule has 1 heterocycles. The quantitative estimate of drug-likeness (QED) is 0.807. The summed E-state index contributed by atoms with van der Waals surface area (Å²) in [5, 5.41) is 14.3. The van der Waals surface area contributed by atoms with Crippen LogP contribution in [-0.4, -0.2) is 20.9 Å². The molecule has 0 saturated heterocycles. The van der Waals surface area contributed by atoms with Gasteiger partial charge in [-0.2, -0.15) is 5.10 Å². The fourth-order valence-electron chi connectivity index (χ4n) is 1.20. The van der Waals surface area contributed by atoms with Gasteiger partial charge < -0.3 is 10.8 Å². The summed E-state index contributed by atoms with van der Waals surface area (Å²) in [4.78, 5) is 0. The molecule has 2 atom stereocenters. The third kappa shape index (κ3) is 2.08. The lowest BCUT2D eigenvalue weighted by atomic mass is 10.1. The van der Waals surface area contributed by atoms with Crippen molar-refractivity contribution in [1.29, 1.82) is 0 Å². The average molecular weight is 218 g/mol. The third-order valence-corrected chi connectivity index (χ3v) is 2.46. The minimum absolute atomic E-state index is 0.177. The van der Waals surface area contributed by atoms with Crippen LogP contribution in [-0.2, 0) is 0 Å². The summed E-state index contributed by atoms with van der Waals surface area (Å²) >= 11 is 6.04. The number of rotatable bonds is 3. The maximum absolute atomic E-state index is 9.71. The first kappa shape index (κ1) is 11.5. The van der Waals surface area contributed by atoms with Crippen molar-refractivity contribution in [1.82, 2.24) is 9.78 Å². The van der Waals surface area contributed by atoms with E-state index in [0.29, 0.717) is 10.7 Å². The molecular weight excluding hydrogens is 202 g/mol. The van der Waals surface area contributed by atoms with Gasteiger partial charge in [-0.05, 0) is 20.8 Å². The molecule has 80 valence electrons. The van der Waals surface area contributed by atoms with Crippen LogP contribution in [0.2, 0.25) is 5.15 Å². The van der Waals surface area contributed by atoms with Gasteiger partial charge in [-0.25, -0.2) is 0 Å². The van der Waals surface area contributed by atoms with Crippen LogP contribution in [0.1, 0.15) is 38.5 Å². The van der Waals surface area contributed by atoms with E-state index in [1.54, 1.807) is 17.8 Å². The number of nitrogens with zero attached hydrogens (tertiary/aromatic N) is 2. The highest BCUT2D eigenvalue weighted by Gasteiger charge is 2.20. The largest absolute Gasteiger partial charge is 0.387 e. The molecule has 2 unspecified atom stereocenters. The summed E-state index contributed by atoms with van der Waals surface area (Å²) in [6, 6.07) is -0.172. The van der Waals surface area contributed by atoms with E-state index in [1.807, 2.05) is 13.8 Å². The Labute approximate surface area is 88.7 Å². The molecule has 0 amide bonds. The zero-order chi connectivity index (χ0) is 10.9. The van der Waals surface area contributed by atoms with E-state index in [0.717, 1.165) is 0 Å². The second-order valence-corrected chi connectivity index (χ2v) is 4.09. The molecule has 1 aromatic rings. The average Bonchev–Trinajstić information content (AvgIpc) is 2.45. The Hall–Kier alpha value is -0.580. The van der Waals surface area contributed by atoms with Gasteiger partial charge in [0.05, 0.1) is 12.3 Å². The molecule has 3 N–H and O–H groups in total. The number of aromatic nitrogens is 2. The fraction of sp³-hybridized carbons (Fsp3) is 0.667. The first-order chi connectivity index (χ1) is 6.45. The molecule has 1 aromatic heterocycles. The van der Waals surface area contributed by atoms with Gasteiger partial charge in [0.1, 0.15) is 5.15 Å². The smallest absolute Gasteiger partial charge is 0.133 e. The number of hydrogen-bond acceptors (Lipinski definition) is 3. The first-order valence-electron chi connectivity index (χ1n) is 4.61. The Balaban J connectivity index is 3.00. The number of nitrogens with two attached hydrogens (primary N) is 1. The standard InChI is InChI=1S/C9H16ClN3O/c1-5(2)13-9(10)7(4-12-13)8(14)6(3)11/h4-6,8,14H,11H2,1-3H3. The van der Waals surface area contributed by atoms with E-state index in [4.69, 9.17) is 17.3 Å². The van der Waals surface area contributed by atoms with E-state index >= 15 is 0 Å². The van der Waals surface area contributed by atoms with Gasteiger partial charge in [-0.3, -0.25) is 4.68 Å². The van der Waals surface area contributed by atoms with Crippen LogP contribution in [0.4, 0.5) is 0 Å². The van der Waals surface area contributed by atoms with Crippen LogP contribution < -0.4 is 5.73 Å². The minimum atomic E-state index is -0.755. The van der Waals surface area contributed by atoms with Crippen LogP contribution in [0.15, 0.2) is 6.20 Å². The SMILES string of the molecule is CC(N)C(O)c1cnn(C(C)C)c1Cl. The lowest BCUT2D eigenvalue weighted by Gasteiger charge is -2.14. The van der Waals surface area contributed by atoms with Gasteiger partial charge in [0, 0.05) is 17.6 Å². The van der Waals surface area contributed by atoms with Gasteiger partial charge in [-0.1, -0.05) is 11.6 Å². The summed E-state index contributed by atoms with van der Waals surface area (Å²) in [7, 11) is 0. The van der Waals surface area contributed by atoms with Crippen LogP contribution in [0.5, 0.6) is 0 Å². The van der Waals surface area contributed by atoms with Gasteiger partial charge >= 0.3 is 0 Å². The molecule has 0 aliphatic heterocycles. The zero-order valence-corrected chi connectivity index (χ0v) is 9.36. The molecule has 0 saturated carbocycles. The number of aliphatic hydroxyl groups excluding tert-OH is 1. The molecule has 5 heteroatoms. The van der Waals surface area contributed by atoms with Gasteiger partial charge in [-0.15, -0.1) is 0 Å². The molecule has 14 heavy (non-hydrogen) atoms. The Morgan fingerprint density at radius 1 is 1.50 bits per heavy atom. The third-order valence-electron chi connectivity index (χ3n) is 2.07. The van der Waals surface area contributed by atoms with Crippen LogP contribution in [0, 0.1) is 0 Å². The second kappa shape index (κ2) is 4.29. The molecule has 0 aromatic carbocycles. The van der Waals surface area contributed by atoms with E-state index in [9.17, 15) is 5.11 Å². The predicted octanol–water partition coefficient (Wildman–Crippen LogP) is 1.50. The molecule has 0 fully saturated rings. The highest BCUT2D eigenvalue weighted by atomic mass is 35.5. The molecule has 0 aliphatic rings. The topological polar surface area (TPSA) is 64.1 Å². The van der Waals surface area contributed by atoms with E-state index in [-0.39, 0.29) is 12.1 Å². The summed E-state index contributed by atoms with van der Waals surface area (Å²) in [5.41, 5.74) is 6.17. The van der Waals surface area contributed by atoms with Crippen molar-refractivity contribution in [3.05, 3.63) is 16.9 Å². The highest BCUT2D eigenvalue weighted by Crippen LogP contribution is 2.26. The zero-order valence-electron chi connectivity index (χ0n) is 8.61. The summed E-state index contributed by atoms with van der Waals surface area (Å²) in [5.74, 6) is 0. The van der Waals surface area contributed by atoms with Gasteiger partial charge in [0.2, 0.25) is 0 Å². The van der Waals surface area contributed by atoms with Gasteiger partial charge in [0.15, 0.2) is 0 Å². The van der Waals surface area contributed by atoms with Crippen molar-refractivity contribution in [2.75, 3.05) is 0 Å². The molecule has 1 rings (SSSR count). The molecule has 0 bridgehead atoms. The van der Waals surface area contributed by atoms with Crippen LogP contribution >= 0.6 is 11.6 Å². The second-order valence-electron chi connectivity index (χ2n) is 3.73. The summed E-state index contributed by atoms with van der Waals surface area (Å²) in [6.45, 7) is 5.68.